The minimum atomic E-state index is -0.700. The molecule has 1 heterocycles. The smallest absolute Gasteiger partial charge is 0.307 e. The molecule has 1 N–H and O–H groups in total. The van der Waals surface area contributed by atoms with E-state index in [1.165, 1.54) is 95.3 Å². The van der Waals surface area contributed by atoms with E-state index >= 15 is 0 Å². The first-order valence-electron chi connectivity index (χ1n) is 29.2. The van der Waals surface area contributed by atoms with Crippen LogP contribution in [0.25, 0.3) is 0 Å². The lowest BCUT2D eigenvalue weighted by Crippen LogP contribution is -2.60. The molecule has 80 heavy (non-hydrogen) atoms. The highest BCUT2D eigenvalue weighted by Gasteiger charge is 2.51. The van der Waals surface area contributed by atoms with Gasteiger partial charge >= 0.3 is 5.97 Å². The van der Waals surface area contributed by atoms with E-state index in [-0.39, 0.29) is 24.8 Å². The summed E-state index contributed by atoms with van der Waals surface area (Å²) in [7, 11) is 4.70. The molecule has 1 aliphatic heterocycles. The number of benzene rings is 1. The van der Waals surface area contributed by atoms with Crippen LogP contribution in [0.3, 0.4) is 0 Å². The van der Waals surface area contributed by atoms with E-state index in [0.29, 0.717) is 31.5 Å². The number of hydrogen-bond donors (Lipinski definition) is 1. The molecule has 0 radical (unpaired) electrons. The molecule has 1 aromatic rings. The predicted molar refractivity (Wildman–Crippen MR) is 318 cm³/mol. The molecular weight excluding hydrogens is 1010 g/mol. The average molecular weight is 1110 g/mol. The predicted octanol–water partition coefficient (Wildman–Crippen LogP) is 14.2. The zero-order valence-corrected chi connectivity index (χ0v) is 51.4. The second-order valence-corrected chi connectivity index (χ2v) is 21.6. The van der Waals surface area contributed by atoms with Gasteiger partial charge in [0.25, 0.3) is 0 Å². The molecule has 12 nitrogen and oxygen atoms in total. The molecule has 12 heteroatoms. The van der Waals surface area contributed by atoms with Gasteiger partial charge in [-0.1, -0.05) is 126 Å². The quantitative estimate of drug-likeness (QED) is 0.0876. The maximum absolute atomic E-state index is 11.4. The first-order chi connectivity index (χ1) is 38.6. The second kappa shape index (κ2) is 41.4. The number of carbonyl (C=O) groups is 1. The summed E-state index contributed by atoms with van der Waals surface area (Å²) in [6.45, 7) is 28.1. The van der Waals surface area contributed by atoms with Gasteiger partial charge in [0.1, 0.15) is 68.3 Å². The third-order valence-corrected chi connectivity index (χ3v) is 15.4. The van der Waals surface area contributed by atoms with Gasteiger partial charge in [0, 0.05) is 41.4 Å². The molecule has 3 saturated carbocycles. The lowest BCUT2D eigenvalue weighted by molar-refractivity contribution is -0.295. The first kappa shape index (κ1) is 70.5. The Hall–Kier alpha value is -5.65. The number of fused-ring (bicyclic) bond motifs is 1. The summed E-state index contributed by atoms with van der Waals surface area (Å²) in [6, 6.07) is 7.59. The molecule has 0 aromatic heterocycles. The lowest BCUT2D eigenvalue weighted by Gasteiger charge is -2.44. The van der Waals surface area contributed by atoms with E-state index in [4.69, 9.17) is 52.5 Å². The molecule has 1 saturated heterocycles. The minimum Gasteiger partial charge on any atom is -0.497 e. The van der Waals surface area contributed by atoms with Crippen molar-refractivity contribution in [3.63, 3.8) is 0 Å². The summed E-state index contributed by atoms with van der Waals surface area (Å²) in [4.78, 5) is 11.4. The van der Waals surface area contributed by atoms with Crippen LogP contribution in [-0.2, 0) is 54.0 Å². The molecule has 4 fully saturated rings. The van der Waals surface area contributed by atoms with Gasteiger partial charge in [0.2, 0.25) is 6.10 Å². The van der Waals surface area contributed by atoms with E-state index in [9.17, 15) is 4.79 Å². The number of esters is 1. The van der Waals surface area contributed by atoms with Crippen molar-refractivity contribution in [2.24, 2.45) is 29.1 Å². The number of rotatable bonds is 22. The zero-order valence-electron chi connectivity index (χ0n) is 51.4. The number of carbonyl (C=O) groups excluding carboxylic acids is 1. The molecule has 5 rings (SSSR count). The van der Waals surface area contributed by atoms with Gasteiger partial charge in [0.05, 0.1) is 25.7 Å². The van der Waals surface area contributed by atoms with Crippen molar-refractivity contribution in [2.75, 3.05) is 34.5 Å². The Kier molecular flexibility index (Phi) is 36.4. The van der Waals surface area contributed by atoms with E-state index < -0.39 is 30.7 Å². The van der Waals surface area contributed by atoms with Crippen LogP contribution in [-0.4, -0.2) is 88.5 Å². The van der Waals surface area contributed by atoms with Gasteiger partial charge in [-0.05, 0) is 143 Å². The van der Waals surface area contributed by atoms with E-state index in [1.54, 1.807) is 46.7 Å². The highest BCUT2D eigenvalue weighted by Crippen LogP contribution is 2.60. The average Bonchev–Trinajstić information content (AvgIpc) is 4.04. The number of hydrogen-bond acceptors (Lipinski definition) is 12. The summed E-state index contributed by atoms with van der Waals surface area (Å²) in [5.74, 6) is 17.3. The van der Waals surface area contributed by atoms with Crippen LogP contribution >= 0.6 is 0 Å². The minimum absolute atomic E-state index is 0.0308. The fourth-order valence-corrected chi connectivity index (χ4v) is 10.7. The van der Waals surface area contributed by atoms with Crippen molar-refractivity contribution in [2.45, 2.75) is 228 Å². The van der Waals surface area contributed by atoms with Crippen molar-refractivity contribution in [1.82, 2.24) is 0 Å². The first-order valence-corrected chi connectivity index (χ1v) is 29.2. The van der Waals surface area contributed by atoms with Gasteiger partial charge in [-0.25, -0.2) is 0 Å². The van der Waals surface area contributed by atoms with Gasteiger partial charge in [-0.3, -0.25) is 4.79 Å². The van der Waals surface area contributed by atoms with Crippen LogP contribution in [0.4, 0.5) is 0 Å². The van der Waals surface area contributed by atoms with Crippen molar-refractivity contribution in [3.8, 4) is 65.9 Å². The number of ether oxygens (including phenoxy) is 10. The van der Waals surface area contributed by atoms with Crippen molar-refractivity contribution < 1.29 is 57.3 Å². The summed E-state index contributed by atoms with van der Waals surface area (Å²) in [5.41, 5.74) is 6.29. The van der Waals surface area contributed by atoms with E-state index in [1.807, 2.05) is 52.0 Å². The molecule has 1 aromatic carbocycles. The molecule has 6 unspecified atom stereocenters. The highest BCUT2D eigenvalue weighted by atomic mass is 16.7. The molecule has 11 atom stereocenters. The van der Waals surface area contributed by atoms with Crippen molar-refractivity contribution >= 4 is 5.97 Å². The second-order valence-electron chi connectivity index (χ2n) is 21.6. The number of aliphatic hydroxyl groups is 1. The molecular formula is C68H100O12. The van der Waals surface area contributed by atoms with Crippen LogP contribution in [0, 0.1) is 89.2 Å². The Labute approximate surface area is 484 Å². The summed E-state index contributed by atoms with van der Waals surface area (Å²) in [6.07, 6.45) is 33.5. The van der Waals surface area contributed by atoms with Crippen molar-refractivity contribution in [3.05, 3.63) is 65.3 Å². The van der Waals surface area contributed by atoms with Crippen molar-refractivity contribution in [1.29, 1.82) is 0 Å². The van der Waals surface area contributed by atoms with Crippen LogP contribution in [0.15, 0.2) is 59.7 Å². The Balaban J connectivity index is 0.000000383. The molecule has 0 bridgehead atoms. The molecule has 0 amide bonds. The normalized spacial score (nSPS) is 24.6. The summed E-state index contributed by atoms with van der Waals surface area (Å²) in [5, 5.41) is 8.01. The summed E-state index contributed by atoms with van der Waals surface area (Å²) < 4.78 is 53.6. The molecule has 444 valence electrons. The Morgan fingerprint density at radius 1 is 0.800 bits per heavy atom. The molecule has 0 spiro atoms. The molecule has 4 aliphatic rings. The van der Waals surface area contributed by atoms with Gasteiger partial charge < -0.3 is 52.5 Å². The molecule has 3 aliphatic carbocycles. The lowest BCUT2D eigenvalue weighted by atomic mass is 9.60. The monoisotopic (exact) mass is 1110 g/mol. The van der Waals surface area contributed by atoms with Gasteiger partial charge in [-0.2, -0.15) is 0 Å². The van der Waals surface area contributed by atoms with Crippen LogP contribution in [0.2, 0.25) is 0 Å². The standard InChI is InChI=1S/C27H44.C17H22O6.C17H22O4.C7H12O2/c1-20(2)10-8-12-22(4)25-17-18-26-24(14-9-19-27(25,26)5)16-15-23-13-7-6-11-21(23)3;1-6-9-20-12-13-14(18-4)15(21-10-7-2)16(22-11-8-3)17(19-5)23-13;1-4-14(2)21-17(18)7-5-6-12-20-13-15-8-10-16(19-3)11-9-15;1-3-7(2)9-6-4-5-8/h15-16,20,22,25-26H,3,6-14,17-19H2,1-2,4-5H3;13-17H,12H2,1-5H3;8-11,14H,4-5,7,13H2,1-3H3;7-8H,3,6H2,1-2H3/b23-15-,24-16+;;;/t22-,25?,26?,27-;13?,14-,15+,16?,17-;;/m11../s1. The van der Waals surface area contributed by atoms with Crippen LogP contribution in [0.5, 0.6) is 5.75 Å². The van der Waals surface area contributed by atoms with Crippen LogP contribution in [0.1, 0.15) is 184 Å². The Bertz CT molecular complexity index is 2310. The zero-order chi connectivity index (χ0) is 59.1. The SMILES string of the molecule is C=C1CCCC/C1=C/C=C1\CCC[C@@]2(C)C1CCC2[C@H](C)CCCC(C)C.CC#COCC1O[C@@H](OC)C(OC#CC)[C@@H](OC#CC)[C@@H]1OC.CCC(C)OC(=O)CCC#COCc1ccc(OC)cc1.CCC(C)OCC#CO. The van der Waals surface area contributed by atoms with E-state index in [0.717, 1.165) is 47.8 Å². The fourth-order valence-electron chi connectivity index (χ4n) is 10.7. The van der Waals surface area contributed by atoms with Crippen LogP contribution < -0.4 is 4.74 Å². The maximum atomic E-state index is 11.4. The number of allylic oxidation sites excluding steroid dienone is 5. The maximum Gasteiger partial charge on any atom is 0.307 e. The Morgan fingerprint density at radius 3 is 2.10 bits per heavy atom. The van der Waals surface area contributed by atoms with Gasteiger partial charge in [-0.15, -0.1) is 0 Å². The third kappa shape index (κ3) is 25.9. The summed E-state index contributed by atoms with van der Waals surface area (Å²) >= 11 is 0. The Morgan fingerprint density at radius 2 is 1.49 bits per heavy atom. The van der Waals surface area contributed by atoms with Gasteiger partial charge in [0.15, 0.2) is 12.4 Å². The highest BCUT2D eigenvalue weighted by molar-refractivity contribution is 5.69. The number of methoxy groups -OCH3 is 3. The van der Waals surface area contributed by atoms with E-state index in [2.05, 4.69) is 100 Å². The largest absolute Gasteiger partial charge is 0.497 e. The topological polar surface area (TPSA) is 130 Å². The number of aliphatic hydroxyl groups excluding tert-OH is 1. The fraction of sp³-hybridized carbons (Fsp3) is 0.662. The third-order valence-electron chi connectivity index (χ3n) is 15.4.